The average Bonchev–Trinajstić information content (AvgIpc) is 2.76. The SMILES string of the molecule is COc1ccc(CN(C)C2CCCC2N)cc1Br. The fourth-order valence-electron chi connectivity index (χ4n) is 2.73. The van der Waals surface area contributed by atoms with Crippen molar-refractivity contribution in [1.82, 2.24) is 4.90 Å². The first-order valence-electron chi connectivity index (χ1n) is 6.40. The first-order chi connectivity index (χ1) is 8.61. The average molecular weight is 313 g/mol. The van der Waals surface area contributed by atoms with Crippen LogP contribution in [0, 0.1) is 0 Å². The Morgan fingerprint density at radius 2 is 2.22 bits per heavy atom. The molecule has 1 aromatic carbocycles. The van der Waals surface area contributed by atoms with Crippen LogP contribution in [0.3, 0.4) is 0 Å². The molecule has 1 aliphatic carbocycles. The molecule has 2 rings (SSSR count). The van der Waals surface area contributed by atoms with Gasteiger partial charge >= 0.3 is 0 Å². The van der Waals surface area contributed by atoms with Gasteiger partial charge in [0.25, 0.3) is 0 Å². The van der Waals surface area contributed by atoms with Gasteiger partial charge in [0, 0.05) is 18.6 Å². The topological polar surface area (TPSA) is 38.5 Å². The van der Waals surface area contributed by atoms with Crippen LogP contribution in [0.4, 0.5) is 0 Å². The minimum absolute atomic E-state index is 0.330. The molecule has 1 fully saturated rings. The van der Waals surface area contributed by atoms with Gasteiger partial charge in [0.1, 0.15) is 5.75 Å². The van der Waals surface area contributed by atoms with Crippen molar-refractivity contribution in [2.45, 2.75) is 37.9 Å². The second kappa shape index (κ2) is 6.04. The van der Waals surface area contributed by atoms with Crippen LogP contribution in [-0.2, 0) is 6.54 Å². The number of rotatable bonds is 4. The number of methoxy groups -OCH3 is 1. The van der Waals surface area contributed by atoms with E-state index in [4.69, 9.17) is 10.5 Å². The molecule has 0 spiro atoms. The molecule has 3 nitrogen and oxygen atoms in total. The van der Waals surface area contributed by atoms with E-state index in [2.05, 4.69) is 40.0 Å². The van der Waals surface area contributed by atoms with Crippen LogP contribution >= 0.6 is 15.9 Å². The quantitative estimate of drug-likeness (QED) is 0.929. The standard InChI is InChI=1S/C14H21BrN2O/c1-17(13-5-3-4-12(13)16)9-10-6-7-14(18-2)11(15)8-10/h6-8,12-13H,3-5,9,16H2,1-2H3. The molecule has 1 saturated carbocycles. The van der Waals surface area contributed by atoms with Crippen LogP contribution in [0.1, 0.15) is 24.8 Å². The van der Waals surface area contributed by atoms with Crippen LogP contribution in [0.15, 0.2) is 22.7 Å². The lowest BCUT2D eigenvalue weighted by Crippen LogP contribution is -2.41. The van der Waals surface area contributed by atoms with Crippen molar-refractivity contribution in [3.8, 4) is 5.75 Å². The van der Waals surface area contributed by atoms with Gasteiger partial charge in [0.2, 0.25) is 0 Å². The lowest BCUT2D eigenvalue weighted by atomic mass is 10.1. The molecule has 0 saturated heterocycles. The molecule has 100 valence electrons. The number of benzene rings is 1. The summed E-state index contributed by atoms with van der Waals surface area (Å²) in [6.45, 7) is 0.932. The van der Waals surface area contributed by atoms with Gasteiger partial charge in [0.05, 0.1) is 11.6 Å². The second-order valence-electron chi connectivity index (χ2n) is 5.05. The molecule has 1 aliphatic rings. The van der Waals surface area contributed by atoms with Crippen molar-refractivity contribution in [2.75, 3.05) is 14.2 Å². The zero-order valence-corrected chi connectivity index (χ0v) is 12.6. The van der Waals surface area contributed by atoms with E-state index in [-0.39, 0.29) is 0 Å². The van der Waals surface area contributed by atoms with Gasteiger partial charge < -0.3 is 10.5 Å². The molecular weight excluding hydrogens is 292 g/mol. The highest BCUT2D eigenvalue weighted by Crippen LogP contribution is 2.27. The maximum atomic E-state index is 6.14. The molecule has 2 N–H and O–H groups in total. The third kappa shape index (κ3) is 3.05. The first-order valence-corrected chi connectivity index (χ1v) is 7.19. The summed E-state index contributed by atoms with van der Waals surface area (Å²) in [6, 6.07) is 7.08. The van der Waals surface area contributed by atoms with Crippen molar-refractivity contribution in [2.24, 2.45) is 5.73 Å². The molecule has 0 aliphatic heterocycles. The maximum Gasteiger partial charge on any atom is 0.133 e. The Morgan fingerprint density at radius 1 is 1.44 bits per heavy atom. The first kappa shape index (κ1) is 13.8. The fraction of sp³-hybridized carbons (Fsp3) is 0.571. The smallest absolute Gasteiger partial charge is 0.133 e. The molecule has 0 aromatic heterocycles. The molecule has 0 heterocycles. The van der Waals surface area contributed by atoms with Crippen LogP contribution < -0.4 is 10.5 Å². The number of hydrogen-bond donors (Lipinski definition) is 1. The predicted octanol–water partition coefficient (Wildman–Crippen LogP) is 2.77. The Kier molecular flexibility index (Phi) is 4.65. The van der Waals surface area contributed by atoms with E-state index in [1.165, 1.54) is 18.4 Å². The maximum absolute atomic E-state index is 6.14. The van der Waals surface area contributed by atoms with Crippen LogP contribution in [0.25, 0.3) is 0 Å². The summed E-state index contributed by atoms with van der Waals surface area (Å²) in [4.78, 5) is 2.37. The highest BCUT2D eigenvalue weighted by atomic mass is 79.9. The minimum Gasteiger partial charge on any atom is -0.496 e. The largest absolute Gasteiger partial charge is 0.496 e. The minimum atomic E-state index is 0.330. The van der Waals surface area contributed by atoms with Crippen molar-refractivity contribution >= 4 is 15.9 Å². The van der Waals surface area contributed by atoms with Crippen molar-refractivity contribution in [3.63, 3.8) is 0 Å². The van der Waals surface area contributed by atoms with Gasteiger partial charge in [-0.1, -0.05) is 12.5 Å². The van der Waals surface area contributed by atoms with Gasteiger partial charge in [-0.3, -0.25) is 4.90 Å². The third-order valence-corrected chi connectivity index (χ3v) is 4.37. The molecule has 0 radical (unpaired) electrons. The van der Waals surface area contributed by atoms with Gasteiger partial charge in [-0.15, -0.1) is 0 Å². The molecule has 1 aromatic rings. The monoisotopic (exact) mass is 312 g/mol. The molecule has 2 atom stereocenters. The van der Waals surface area contributed by atoms with Crippen molar-refractivity contribution < 1.29 is 4.74 Å². The lowest BCUT2D eigenvalue weighted by Gasteiger charge is -2.27. The zero-order valence-electron chi connectivity index (χ0n) is 11.0. The summed E-state index contributed by atoms with van der Waals surface area (Å²) in [7, 11) is 3.84. The Hall–Kier alpha value is -0.580. The summed E-state index contributed by atoms with van der Waals surface area (Å²) >= 11 is 3.52. The fourth-order valence-corrected chi connectivity index (χ4v) is 3.32. The van der Waals surface area contributed by atoms with Gasteiger partial charge in [-0.05, 0) is 53.5 Å². The van der Waals surface area contributed by atoms with E-state index in [0.29, 0.717) is 12.1 Å². The Labute approximate surface area is 117 Å². The van der Waals surface area contributed by atoms with Crippen molar-refractivity contribution in [1.29, 1.82) is 0 Å². The van der Waals surface area contributed by atoms with Crippen LogP contribution in [0.2, 0.25) is 0 Å². The summed E-state index contributed by atoms with van der Waals surface area (Å²) in [5.74, 6) is 0.874. The van der Waals surface area contributed by atoms with E-state index in [1.54, 1.807) is 7.11 Å². The van der Waals surface area contributed by atoms with E-state index >= 15 is 0 Å². The molecule has 4 heteroatoms. The van der Waals surface area contributed by atoms with E-state index in [0.717, 1.165) is 23.2 Å². The zero-order chi connectivity index (χ0) is 13.1. The normalized spacial score (nSPS) is 23.6. The number of ether oxygens (including phenoxy) is 1. The predicted molar refractivity (Wildman–Crippen MR) is 77.8 cm³/mol. The number of hydrogen-bond acceptors (Lipinski definition) is 3. The van der Waals surface area contributed by atoms with Gasteiger partial charge in [-0.2, -0.15) is 0 Å². The summed E-state index contributed by atoms with van der Waals surface area (Å²) < 4.78 is 6.25. The summed E-state index contributed by atoms with van der Waals surface area (Å²) in [5, 5.41) is 0. The van der Waals surface area contributed by atoms with Gasteiger partial charge in [-0.25, -0.2) is 0 Å². The Balaban J connectivity index is 2.02. The lowest BCUT2D eigenvalue weighted by molar-refractivity contribution is 0.220. The molecule has 18 heavy (non-hydrogen) atoms. The number of likely N-dealkylation sites (N-methyl/N-ethyl adjacent to an activating group) is 1. The highest BCUT2D eigenvalue weighted by molar-refractivity contribution is 9.10. The highest BCUT2D eigenvalue weighted by Gasteiger charge is 2.27. The summed E-state index contributed by atoms with van der Waals surface area (Å²) in [5.41, 5.74) is 7.42. The third-order valence-electron chi connectivity index (χ3n) is 3.75. The van der Waals surface area contributed by atoms with E-state index < -0.39 is 0 Å². The Morgan fingerprint density at radius 3 is 2.78 bits per heavy atom. The Bertz CT molecular complexity index is 411. The van der Waals surface area contributed by atoms with Gasteiger partial charge in [0.15, 0.2) is 0 Å². The second-order valence-corrected chi connectivity index (χ2v) is 5.90. The number of halogens is 1. The molecule has 0 bridgehead atoms. The van der Waals surface area contributed by atoms with E-state index in [1.807, 2.05) is 6.07 Å². The number of nitrogens with two attached hydrogens (primary N) is 1. The number of nitrogens with zero attached hydrogens (tertiary/aromatic N) is 1. The molecular formula is C14H21BrN2O. The van der Waals surface area contributed by atoms with E-state index in [9.17, 15) is 0 Å². The summed E-state index contributed by atoms with van der Waals surface area (Å²) in [6.07, 6.45) is 3.62. The van der Waals surface area contributed by atoms with Crippen molar-refractivity contribution in [3.05, 3.63) is 28.2 Å². The molecule has 0 amide bonds. The molecule has 2 unspecified atom stereocenters. The van der Waals surface area contributed by atoms with Crippen LogP contribution in [-0.4, -0.2) is 31.1 Å². The van der Waals surface area contributed by atoms with Crippen LogP contribution in [0.5, 0.6) is 5.75 Å².